The first-order valence-electron chi connectivity index (χ1n) is 4.62. The van der Waals surface area contributed by atoms with Crippen molar-refractivity contribution in [3.8, 4) is 0 Å². The SMILES string of the molecule is CC(C)NC(=O)N(C)Cc1ccoc1. The molecule has 1 N–H and O–H groups in total. The van der Waals surface area contributed by atoms with Gasteiger partial charge in [0.25, 0.3) is 0 Å². The molecular formula is C10H16N2O2. The summed E-state index contributed by atoms with van der Waals surface area (Å²) in [5, 5.41) is 2.81. The molecule has 4 heteroatoms. The second kappa shape index (κ2) is 4.69. The van der Waals surface area contributed by atoms with Crippen molar-refractivity contribution >= 4 is 6.03 Å². The molecule has 2 amide bonds. The Bertz CT molecular complexity index is 280. The van der Waals surface area contributed by atoms with Crippen molar-refractivity contribution in [2.45, 2.75) is 26.4 Å². The molecule has 0 spiro atoms. The summed E-state index contributed by atoms with van der Waals surface area (Å²) in [5.41, 5.74) is 0.992. The Balaban J connectivity index is 2.42. The normalized spacial score (nSPS) is 10.3. The van der Waals surface area contributed by atoms with E-state index in [2.05, 4.69) is 5.32 Å². The van der Waals surface area contributed by atoms with E-state index in [0.717, 1.165) is 5.56 Å². The van der Waals surface area contributed by atoms with E-state index in [1.54, 1.807) is 24.5 Å². The third-order valence-electron chi connectivity index (χ3n) is 1.76. The minimum Gasteiger partial charge on any atom is -0.472 e. The summed E-state index contributed by atoms with van der Waals surface area (Å²) < 4.78 is 4.92. The van der Waals surface area contributed by atoms with E-state index in [1.165, 1.54) is 0 Å². The lowest BCUT2D eigenvalue weighted by atomic mass is 10.3. The summed E-state index contributed by atoms with van der Waals surface area (Å²) in [4.78, 5) is 13.1. The number of nitrogens with zero attached hydrogens (tertiary/aromatic N) is 1. The van der Waals surface area contributed by atoms with Crippen LogP contribution in [0, 0.1) is 0 Å². The van der Waals surface area contributed by atoms with Gasteiger partial charge in [0.1, 0.15) is 0 Å². The third-order valence-corrected chi connectivity index (χ3v) is 1.76. The van der Waals surface area contributed by atoms with Gasteiger partial charge in [0.2, 0.25) is 0 Å². The van der Waals surface area contributed by atoms with Crippen LogP contribution in [0.4, 0.5) is 4.79 Å². The van der Waals surface area contributed by atoms with Gasteiger partial charge in [-0.3, -0.25) is 0 Å². The Morgan fingerprint density at radius 1 is 1.64 bits per heavy atom. The lowest BCUT2D eigenvalue weighted by Gasteiger charge is -2.18. The molecule has 0 aliphatic rings. The Morgan fingerprint density at radius 2 is 2.36 bits per heavy atom. The van der Waals surface area contributed by atoms with Gasteiger partial charge >= 0.3 is 6.03 Å². The Labute approximate surface area is 83.9 Å². The van der Waals surface area contributed by atoms with Crippen LogP contribution in [-0.4, -0.2) is 24.0 Å². The number of furan rings is 1. The monoisotopic (exact) mass is 196 g/mol. The highest BCUT2D eigenvalue weighted by molar-refractivity contribution is 5.74. The van der Waals surface area contributed by atoms with Gasteiger partial charge in [-0.2, -0.15) is 0 Å². The largest absolute Gasteiger partial charge is 0.472 e. The van der Waals surface area contributed by atoms with Crippen LogP contribution in [0.5, 0.6) is 0 Å². The Morgan fingerprint density at radius 3 is 2.86 bits per heavy atom. The molecule has 0 saturated carbocycles. The van der Waals surface area contributed by atoms with E-state index >= 15 is 0 Å². The molecule has 1 aromatic heterocycles. The van der Waals surface area contributed by atoms with Gasteiger partial charge in [0.15, 0.2) is 0 Å². The van der Waals surface area contributed by atoms with E-state index in [9.17, 15) is 4.79 Å². The lowest BCUT2D eigenvalue weighted by Crippen LogP contribution is -2.40. The second-order valence-corrected chi connectivity index (χ2v) is 3.59. The maximum absolute atomic E-state index is 11.5. The number of hydrogen-bond donors (Lipinski definition) is 1. The molecular weight excluding hydrogens is 180 g/mol. The summed E-state index contributed by atoms with van der Waals surface area (Å²) in [6, 6.07) is 1.94. The van der Waals surface area contributed by atoms with Gasteiger partial charge in [-0.1, -0.05) is 0 Å². The first kappa shape index (κ1) is 10.6. The molecule has 4 nitrogen and oxygen atoms in total. The molecule has 78 valence electrons. The average Bonchev–Trinajstić information content (AvgIpc) is 2.55. The van der Waals surface area contributed by atoms with Crippen molar-refractivity contribution < 1.29 is 9.21 Å². The Kier molecular flexibility index (Phi) is 3.56. The Hall–Kier alpha value is -1.45. The predicted molar refractivity (Wildman–Crippen MR) is 53.8 cm³/mol. The third kappa shape index (κ3) is 3.12. The fraction of sp³-hybridized carbons (Fsp3) is 0.500. The molecule has 0 aliphatic heterocycles. The van der Waals surface area contributed by atoms with Crippen LogP contribution in [0.25, 0.3) is 0 Å². The number of rotatable bonds is 3. The molecule has 1 aromatic rings. The molecule has 1 rings (SSSR count). The van der Waals surface area contributed by atoms with Gasteiger partial charge in [-0.05, 0) is 19.9 Å². The lowest BCUT2D eigenvalue weighted by molar-refractivity contribution is 0.204. The molecule has 0 aromatic carbocycles. The molecule has 14 heavy (non-hydrogen) atoms. The van der Waals surface area contributed by atoms with E-state index in [4.69, 9.17) is 4.42 Å². The molecule has 0 aliphatic carbocycles. The van der Waals surface area contributed by atoms with Crippen LogP contribution in [-0.2, 0) is 6.54 Å². The van der Waals surface area contributed by atoms with Crippen molar-refractivity contribution in [3.05, 3.63) is 24.2 Å². The maximum atomic E-state index is 11.5. The van der Waals surface area contributed by atoms with Crippen molar-refractivity contribution in [1.29, 1.82) is 0 Å². The van der Waals surface area contributed by atoms with Gasteiger partial charge in [0, 0.05) is 18.7 Å². The van der Waals surface area contributed by atoms with E-state index < -0.39 is 0 Å². The molecule has 0 radical (unpaired) electrons. The zero-order chi connectivity index (χ0) is 10.6. The average molecular weight is 196 g/mol. The summed E-state index contributed by atoms with van der Waals surface area (Å²) in [5.74, 6) is 0. The number of amides is 2. The van der Waals surface area contributed by atoms with Gasteiger partial charge < -0.3 is 14.6 Å². The highest BCUT2D eigenvalue weighted by Gasteiger charge is 2.09. The van der Waals surface area contributed by atoms with E-state index in [-0.39, 0.29) is 12.1 Å². The van der Waals surface area contributed by atoms with Crippen LogP contribution < -0.4 is 5.32 Å². The molecule has 0 saturated heterocycles. The summed E-state index contributed by atoms with van der Waals surface area (Å²) in [6.07, 6.45) is 3.24. The number of carbonyl (C=O) groups excluding carboxylic acids is 1. The van der Waals surface area contributed by atoms with Crippen molar-refractivity contribution in [2.24, 2.45) is 0 Å². The van der Waals surface area contributed by atoms with Crippen molar-refractivity contribution in [2.75, 3.05) is 7.05 Å². The summed E-state index contributed by atoms with van der Waals surface area (Å²) in [7, 11) is 1.75. The fourth-order valence-electron chi connectivity index (χ4n) is 1.09. The summed E-state index contributed by atoms with van der Waals surface area (Å²) >= 11 is 0. The van der Waals surface area contributed by atoms with Crippen molar-refractivity contribution in [1.82, 2.24) is 10.2 Å². The minimum atomic E-state index is -0.0683. The van der Waals surface area contributed by atoms with Crippen LogP contribution in [0.1, 0.15) is 19.4 Å². The first-order chi connectivity index (χ1) is 6.59. The van der Waals surface area contributed by atoms with Gasteiger partial charge in [-0.25, -0.2) is 4.79 Å². The zero-order valence-electron chi connectivity index (χ0n) is 8.78. The van der Waals surface area contributed by atoms with Crippen LogP contribution in [0.15, 0.2) is 23.0 Å². The second-order valence-electron chi connectivity index (χ2n) is 3.59. The highest BCUT2D eigenvalue weighted by Crippen LogP contribution is 2.03. The number of urea groups is 1. The predicted octanol–water partition coefficient (Wildman–Crippen LogP) is 1.83. The van der Waals surface area contributed by atoms with Crippen LogP contribution in [0.2, 0.25) is 0 Å². The zero-order valence-corrected chi connectivity index (χ0v) is 8.78. The number of carbonyl (C=O) groups is 1. The molecule has 0 fully saturated rings. The first-order valence-corrected chi connectivity index (χ1v) is 4.62. The smallest absolute Gasteiger partial charge is 0.317 e. The maximum Gasteiger partial charge on any atom is 0.317 e. The topological polar surface area (TPSA) is 45.5 Å². The van der Waals surface area contributed by atoms with Crippen molar-refractivity contribution in [3.63, 3.8) is 0 Å². The fourth-order valence-corrected chi connectivity index (χ4v) is 1.09. The van der Waals surface area contributed by atoms with E-state index in [1.807, 2.05) is 19.9 Å². The quantitative estimate of drug-likeness (QED) is 0.801. The minimum absolute atomic E-state index is 0.0683. The summed E-state index contributed by atoms with van der Waals surface area (Å²) in [6.45, 7) is 4.43. The van der Waals surface area contributed by atoms with Gasteiger partial charge in [0.05, 0.1) is 19.1 Å². The van der Waals surface area contributed by atoms with E-state index in [0.29, 0.717) is 6.54 Å². The molecule has 1 heterocycles. The molecule has 0 unspecified atom stereocenters. The molecule has 0 atom stereocenters. The standard InChI is InChI=1S/C10H16N2O2/c1-8(2)11-10(13)12(3)6-9-4-5-14-7-9/h4-5,7-8H,6H2,1-3H3,(H,11,13). The van der Waals surface area contributed by atoms with Crippen LogP contribution in [0.3, 0.4) is 0 Å². The number of nitrogens with one attached hydrogen (secondary N) is 1. The molecule has 0 bridgehead atoms. The highest BCUT2D eigenvalue weighted by atomic mass is 16.3. The number of hydrogen-bond acceptors (Lipinski definition) is 2. The van der Waals surface area contributed by atoms with Gasteiger partial charge in [-0.15, -0.1) is 0 Å². The van der Waals surface area contributed by atoms with Crippen LogP contribution >= 0.6 is 0 Å².